The summed E-state index contributed by atoms with van der Waals surface area (Å²) in [4.78, 5) is 11.3. The van der Waals surface area contributed by atoms with Crippen LogP contribution in [0.4, 0.5) is 0 Å². The Kier molecular flexibility index (Phi) is 18.4. The summed E-state index contributed by atoms with van der Waals surface area (Å²) >= 11 is 0. The second kappa shape index (κ2) is 18.8. The fourth-order valence-corrected chi connectivity index (χ4v) is 3.32. The molecule has 0 N–H and O–H groups in total. The van der Waals surface area contributed by atoms with Crippen LogP contribution in [0.25, 0.3) is 0 Å². The fraction of sp³-hybridized carbons (Fsp3) is 0.955. The van der Waals surface area contributed by atoms with Gasteiger partial charge in [0.1, 0.15) is 0 Å². The van der Waals surface area contributed by atoms with Crippen molar-refractivity contribution in [1.82, 2.24) is 0 Å². The molecule has 0 bridgehead atoms. The number of rotatable bonds is 18. The zero-order valence-electron chi connectivity index (χ0n) is 16.9. The Morgan fingerprint density at radius 1 is 0.667 bits per heavy atom. The number of ether oxygens (including phenoxy) is 1. The van der Waals surface area contributed by atoms with Crippen LogP contribution in [0.2, 0.25) is 0 Å². The van der Waals surface area contributed by atoms with Crippen LogP contribution in [0.5, 0.6) is 0 Å². The molecule has 24 heavy (non-hydrogen) atoms. The maximum Gasteiger partial charge on any atom is 0.308 e. The second-order valence-electron chi connectivity index (χ2n) is 7.52. The summed E-state index contributed by atoms with van der Waals surface area (Å²) in [6, 6.07) is 0. The molecule has 0 aromatic heterocycles. The molecule has 0 saturated carbocycles. The predicted octanol–water partition coefficient (Wildman–Crippen LogP) is 7.45. The van der Waals surface area contributed by atoms with E-state index in [0.717, 1.165) is 12.8 Å². The summed E-state index contributed by atoms with van der Waals surface area (Å²) in [5.74, 6) is 0.0117. The van der Waals surface area contributed by atoms with Gasteiger partial charge in [-0.3, -0.25) is 4.79 Å². The van der Waals surface area contributed by atoms with E-state index in [1.165, 1.54) is 103 Å². The van der Waals surface area contributed by atoms with Crippen molar-refractivity contribution in [3.63, 3.8) is 0 Å². The number of carbonyl (C=O) groups excluding carboxylic acids is 1. The van der Waals surface area contributed by atoms with Gasteiger partial charge in [-0.1, -0.05) is 117 Å². The van der Waals surface area contributed by atoms with Crippen molar-refractivity contribution in [3.05, 3.63) is 0 Å². The van der Waals surface area contributed by atoms with Crippen molar-refractivity contribution < 1.29 is 9.53 Å². The molecule has 1 unspecified atom stereocenters. The Labute approximate surface area is 152 Å². The van der Waals surface area contributed by atoms with E-state index in [-0.39, 0.29) is 11.9 Å². The lowest BCUT2D eigenvalue weighted by Crippen LogP contribution is -2.12. The number of hydrogen-bond donors (Lipinski definition) is 0. The van der Waals surface area contributed by atoms with Crippen molar-refractivity contribution in [2.45, 2.75) is 123 Å². The van der Waals surface area contributed by atoms with Gasteiger partial charge in [-0.15, -0.1) is 0 Å². The van der Waals surface area contributed by atoms with Crippen LogP contribution in [0, 0.1) is 5.92 Å². The van der Waals surface area contributed by atoms with E-state index in [9.17, 15) is 4.79 Å². The Balaban J connectivity index is 3.09. The zero-order valence-corrected chi connectivity index (χ0v) is 16.9. The normalized spacial score (nSPS) is 12.3. The first-order valence-corrected chi connectivity index (χ1v) is 10.8. The summed E-state index contributed by atoms with van der Waals surface area (Å²) in [5.41, 5.74) is 0. The third-order valence-electron chi connectivity index (χ3n) is 5.09. The van der Waals surface area contributed by atoms with Crippen molar-refractivity contribution in [1.29, 1.82) is 0 Å². The Bertz CT molecular complexity index is 263. The van der Waals surface area contributed by atoms with E-state index >= 15 is 0 Å². The molecule has 0 saturated heterocycles. The first-order chi connectivity index (χ1) is 11.7. The summed E-state index contributed by atoms with van der Waals surface area (Å²) in [7, 11) is 1.48. The topological polar surface area (TPSA) is 26.3 Å². The maximum atomic E-state index is 11.3. The van der Waals surface area contributed by atoms with Crippen molar-refractivity contribution in [2.75, 3.05) is 7.11 Å². The molecule has 0 fully saturated rings. The van der Waals surface area contributed by atoms with E-state index < -0.39 is 0 Å². The quantitative estimate of drug-likeness (QED) is 0.191. The van der Waals surface area contributed by atoms with E-state index in [0.29, 0.717) is 0 Å². The lowest BCUT2D eigenvalue weighted by Gasteiger charge is -2.08. The van der Waals surface area contributed by atoms with E-state index in [1.54, 1.807) is 0 Å². The van der Waals surface area contributed by atoms with E-state index in [1.807, 2.05) is 6.92 Å². The third-order valence-corrected chi connectivity index (χ3v) is 5.09. The molecule has 0 amide bonds. The van der Waals surface area contributed by atoms with Gasteiger partial charge in [0, 0.05) is 0 Å². The van der Waals surface area contributed by atoms with Gasteiger partial charge in [0.2, 0.25) is 0 Å². The molecule has 1 atom stereocenters. The molecular formula is C22H44O2. The van der Waals surface area contributed by atoms with Gasteiger partial charge in [-0.25, -0.2) is 0 Å². The zero-order chi connectivity index (χ0) is 17.9. The Morgan fingerprint density at radius 3 is 1.33 bits per heavy atom. The number of carbonyl (C=O) groups is 1. The molecule has 0 heterocycles. The van der Waals surface area contributed by atoms with Crippen LogP contribution in [0.3, 0.4) is 0 Å². The Morgan fingerprint density at radius 2 is 1.00 bits per heavy atom. The fourth-order valence-electron chi connectivity index (χ4n) is 3.32. The highest BCUT2D eigenvalue weighted by Gasteiger charge is 2.11. The van der Waals surface area contributed by atoms with Gasteiger partial charge < -0.3 is 4.74 Å². The van der Waals surface area contributed by atoms with Gasteiger partial charge in [0.25, 0.3) is 0 Å². The number of unbranched alkanes of at least 4 members (excludes halogenated alkanes) is 15. The molecule has 0 aliphatic carbocycles. The average Bonchev–Trinajstić information content (AvgIpc) is 2.60. The summed E-state index contributed by atoms with van der Waals surface area (Å²) in [6.07, 6.45) is 23.2. The van der Waals surface area contributed by atoms with Crippen molar-refractivity contribution in [2.24, 2.45) is 5.92 Å². The molecule has 0 aromatic carbocycles. The highest BCUT2D eigenvalue weighted by atomic mass is 16.5. The molecule has 2 nitrogen and oxygen atoms in total. The van der Waals surface area contributed by atoms with Gasteiger partial charge >= 0.3 is 5.97 Å². The molecular weight excluding hydrogens is 296 g/mol. The average molecular weight is 341 g/mol. The lowest BCUT2D eigenvalue weighted by atomic mass is 10.0. The van der Waals surface area contributed by atoms with Crippen molar-refractivity contribution >= 4 is 5.97 Å². The third kappa shape index (κ3) is 16.3. The van der Waals surface area contributed by atoms with Gasteiger partial charge in [0.15, 0.2) is 0 Å². The number of esters is 1. The minimum Gasteiger partial charge on any atom is -0.469 e. The van der Waals surface area contributed by atoms with E-state index in [4.69, 9.17) is 4.74 Å². The van der Waals surface area contributed by atoms with Gasteiger partial charge in [0.05, 0.1) is 13.0 Å². The number of methoxy groups -OCH3 is 1. The highest BCUT2D eigenvalue weighted by Crippen LogP contribution is 2.15. The summed E-state index contributed by atoms with van der Waals surface area (Å²) in [5, 5.41) is 0. The molecule has 0 aliphatic rings. The van der Waals surface area contributed by atoms with Crippen LogP contribution in [-0.2, 0) is 9.53 Å². The molecule has 0 rings (SSSR count). The van der Waals surface area contributed by atoms with Crippen LogP contribution >= 0.6 is 0 Å². The summed E-state index contributed by atoms with van der Waals surface area (Å²) < 4.78 is 4.75. The largest absolute Gasteiger partial charge is 0.469 e. The van der Waals surface area contributed by atoms with Crippen LogP contribution in [0.15, 0.2) is 0 Å². The van der Waals surface area contributed by atoms with Crippen LogP contribution in [0.1, 0.15) is 123 Å². The molecule has 0 radical (unpaired) electrons. The first kappa shape index (κ1) is 23.5. The molecule has 0 aliphatic heterocycles. The smallest absolute Gasteiger partial charge is 0.308 e. The van der Waals surface area contributed by atoms with E-state index in [2.05, 4.69) is 6.92 Å². The minimum absolute atomic E-state index is 0.0593. The summed E-state index contributed by atoms with van der Waals surface area (Å²) in [6.45, 7) is 4.25. The predicted molar refractivity (Wildman–Crippen MR) is 105 cm³/mol. The van der Waals surface area contributed by atoms with Crippen LogP contribution < -0.4 is 0 Å². The van der Waals surface area contributed by atoms with Gasteiger partial charge in [-0.2, -0.15) is 0 Å². The lowest BCUT2D eigenvalue weighted by molar-refractivity contribution is -0.145. The maximum absolute atomic E-state index is 11.3. The van der Waals surface area contributed by atoms with Crippen molar-refractivity contribution in [3.8, 4) is 0 Å². The minimum atomic E-state index is -0.0593. The standard InChI is InChI=1S/C22H44O2/c1-4-5-6-7-8-9-10-11-12-13-14-15-16-17-18-19-20-21(2)22(23)24-3/h21H,4-20H2,1-3H3. The first-order valence-electron chi connectivity index (χ1n) is 10.8. The molecule has 144 valence electrons. The second-order valence-corrected chi connectivity index (χ2v) is 7.52. The molecule has 0 aromatic rings. The molecule has 0 spiro atoms. The Hall–Kier alpha value is -0.530. The van der Waals surface area contributed by atoms with Gasteiger partial charge in [-0.05, 0) is 6.42 Å². The highest BCUT2D eigenvalue weighted by molar-refractivity contribution is 5.71. The monoisotopic (exact) mass is 340 g/mol. The molecule has 2 heteroatoms. The van der Waals surface area contributed by atoms with Crippen LogP contribution in [-0.4, -0.2) is 13.1 Å². The number of hydrogen-bond acceptors (Lipinski definition) is 2. The SMILES string of the molecule is CCCCCCCCCCCCCCCCCCC(C)C(=O)OC.